The van der Waals surface area contributed by atoms with Crippen LogP contribution in [0.15, 0.2) is 24.8 Å². The van der Waals surface area contributed by atoms with Crippen LogP contribution in [0, 0.1) is 6.92 Å². The van der Waals surface area contributed by atoms with Crippen LogP contribution in [0.1, 0.15) is 12.1 Å². The molecule has 0 saturated heterocycles. The molecule has 0 bridgehead atoms. The van der Waals surface area contributed by atoms with Gasteiger partial charge in [0.05, 0.1) is 6.33 Å². The zero-order chi connectivity index (χ0) is 12.8. The van der Waals surface area contributed by atoms with Gasteiger partial charge in [0.1, 0.15) is 5.82 Å². The Kier molecular flexibility index (Phi) is 4.11. The first-order chi connectivity index (χ1) is 8.78. The lowest BCUT2D eigenvalue weighted by molar-refractivity contribution is 0.660. The molecule has 6 heteroatoms. The van der Waals surface area contributed by atoms with Crippen molar-refractivity contribution in [1.82, 2.24) is 19.5 Å². The third-order valence-corrected chi connectivity index (χ3v) is 2.54. The number of nitrogens with zero attached hydrogens (tertiary/aromatic N) is 4. The molecule has 0 aromatic carbocycles. The minimum Gasteiger partial charge on any atom is -0.370 e. The second-order valence-corrected chi connectivity index (χ2v) is 4.05. The summed E-state index contributed by atoms with van der Waals surface area (Å²) in [6.45, 7) is 3.78. The van der Waals surface area contributed by atoms with Crippen LogP contribution in [0.4, 0.5) is 11.8 Å². The maximum atomic E-state index is 4.33. The van der Waals surface area contributed by atoms with Crippen molar-refractivity contribution in [2.75, 3.05) is 24.2 Å². The first-order valence-corrected chi connectivity index (χ1v) is 6.01. The minimum atomic E-state index is 0.645. The molecule has 0 fully saturated rings. The zero-order valence-electron chi connectivity index (χ0n) is 10.7. The topological polar surface area (TPSA) is 67.7 Å². The third-order valence-electron chi connectivity index (χ3n) is 2.54. The minimum absolute atomic E-state index is 0.645. The van der Waals surface area contributed by atoms with E-state index in [4.69, 9.17) is 0 Å². The summed E-state index contributed by atoms with van der Waals surface area (Å²) in [4.78, 5) is 12.6. The molecule has 2 N–H and O–H groups in total. The Morgan fingerprint density at radius 3 is 2.94 bits per heavy atom. The molecule has 0 aliphatic rings. The summed E-state index contributed by atoms with van der Waals surface area (Å²) in [5.41, 5.74) is 0.950. The quantitative estimate of drug-likeness (QED) is 0.756. The highest BCUT2D eigenvalue weighted by Gasteiger charge is 1.99. The summed E-state index contributed by atoms with van der Waals surface area (Å²) in [6.07, 6.45) is 6.61. The highest BCUT2D eigenvalue weighted by Crippen LogP contribution is 2.08. The maximum absolute atomic E-state index is 4.33. The normalized spacial score (nSPS) is 10.3. The third kappa shape index (κ3) is 3.44. The lowest BCUT2D eigenvalue weighted by Crippen LogP contribution is -2.08. The number of rotatable bonds is 6. The van der Waals surface area contributed by atoms with E-state index >= 15 is 0 Å². The Bertz CT molecular complexity index is 479. The van der Waals surface area contributed by atoms with Gasteiger partial charge in [-0.3, -0.25) is 0 Å². The Morgan fingerprint density at radius 1 is 1.33 bits per heavy atom. The summed E-state index contributed by atoms with van der Waals surface area (Å²) in [5.74, 6) is 1.50. The van der Waals surface area contributed by atoms with Crippen molar-refractivity contribution in [3.63, 3.8) is 0 Å². The van der Waals surface area contributed by atoms with Crippen LogP contribution in [0.2, 0.25) is 0 Å². The van der Waals surface area contributed by atoms with Crippen molar-refractivity contribution in [3.05, 3.63) is 30.5 Å². The molecule has 2 aromatic rings. The lowest BCUT2D eigenvalue weighted by Gasteiger charge is -2.08. The van der Waals surface area contributed by atoms with Gasteiger partial charge in [-0.05, 0) is 13.3 Å². The molecule has 0 saturated carbocycles. The highest BCUT2D eigenvalue weighted by atomic mass is 15.1. The molecular formula is C12H18N6. The number of hydrogen-bond donors (Lipinski definition) is 2. The standard InChI is InChI=1S/C12H18N6/c1-10-8-11(17-12(13-2)16-10)15-4-3-6-18-7-5-14-9-18/h5,7-9H,3-4,6H2,1-2H3,(H2,13,15,16,17). The first kappa shape index (κ1) is 12.3. The number of nitrogens with one attached hydrogen (secondary N) is 2. The first-order valence-electron chi connectivity index (χ1n) is 6.01. The van der Waals surface area contributed by atoms with Gasteiger partial charge in [-0.2, -0.15) is 4.98 Å². The van der Waals surface area contributed by atoms with Crippen LogP contribution in [0.3, 0.4) is 0 Å². The van der Waals surface area contributed by atoms with E-state index in [9.17, 15) is 0 Å². The van der Waals surface area contributed by atoms with Crippen molar-refractivity contribution in [2.24, 2.45) is 0 Å². The summed E-state index contributed by atoms with van der Waals surface area (Å²) in [7, 11) is 1.82. The van der Waals surface area contributed by atoms with Crippen LogP contribution in [-0.2, 0) is 6.54 Å². The molecule has 6 nitrogen and oxygen atoms in total. The predicted molar refractivity (Wildman–Crippen MR) is 71.6 cm³/mol. The molecule has 0 spiro atoms. The largest absolute Gasteiger partial charge is 0.370 e. The number of imidazole rings is 1. The predicted octanol–water partition coefficient (Wildman–Crippen LogP) is 1.53. The lowest BCUT2D eigenvalue weighted by atomic mass is 10.4. The van der Waals surface area contributed by atoms with Crippen LogP contribution < -0.4 is 10.6 Å². The van der Waals surface area contributed by atoms with E-state index in [1.54, 1.807) is 6.20 Å². The van der Waals surface area contributed by atoms with Crippen molar-refractivity contribution >= 4 is 11.8 Å². The molecule has 0 aliphatic carbocycles. The Hall–Kier alpha value is -2.11. The molecule has 0 amide bonds. The van der Waals surface area contributed by atoms with Crippen molar-refractivity contribution in [2.45, 2.75) is 19.9 Å². The van der Waals surface area contributed by atoms with E-state index in [1.165, 1.54) is 0 Å². The molecule has 0 atom stereocenters. The second kappa shape index (κ2) is 6.00. The maximum Gasteiger partial charge on any atom is 0.224 e. The van der Waals surface area contributed by atoms with Crippen molar-refractivity contribution in [1.29, 1.82) is 0 Å². The number of aromatic nitrogens is 4. The molecule has 96 valence electrons. The SMILES string of the molecule is CNc1nc(C)cc(NCCCn2ccnc2)n1. The molecule has 0 radical (unpaired) electrons. The van der Waals surface area contributed by atoms with Gasteiger partial charge in [-0.15, -0.1) is 0 Å². The molecule has 2 aromatic heterocycles. The zero-order valence-corrected chi connectivity index (χ0v) is 10.7. The fourth-order valence-electron chi connectivity index (χ4n) is 1.67. The van der Waals surface area contributed by atoms with E-state index in [1.807, 2.05) is 32.6 Å². The van der Waals surface area contributed by atoms with Crippen molar-refractivity contribution < 1.29 is 0 Å². The van der Waals surface area contributed by atoms with E-state index in [-0.39, 0.29) is 0 Å². The molecule has 0 aliphatic heterocycles. The van der Waals surface area contributed by atoms with Crippen LogP contribution in [-0.4, -0.2) is 33.1 Å². The molecule has 2 rings (SSSR count). The molecule has 2 heterocycles. The van der Waals surface area contributed by atoms with Gasteiger partial charge in [0.25, 0.3) is 0 Å². The van der Waals surface area contributed by atoms with E-state index in [2.05, 4.69) is 30.2 Å². The Balaban J connectivity index is 1.81. The second-order valence-electron chi connectivity index (χ2n) is 4.05. The fraction of sp³-hybridized carbons (Fsp3) is 0.417. The van der Waals surface area contributed by atoms with Gasteiger partial charge in [0.15, 0.2) is 0 Å². The van der Waals surface area contributed by atoms with E-state index in [0.717, 1.165) is 31.0 Å². The smallest absolute Gasteiger partial charge is 0.224 e. The van der Waals surface area contributed by atoms with Gasteiger partial charge >= 0.3 is 0 Å². The van der Waals surface area contributed by atoms with Crippen LogP contribution in [0.25, 0.3) is 0 Å². The summed E-state index contributed by atoms with van der Waals surface area (Å²) >= 11 is 0. The summed E-state index contributed by atoms with van der Waals surface area (Å²) < 4.78 is 2.06. The van der Waals surface area contributed by atoms with Gasteiger partial charge in [-0.1, -0.05) is 0 Å². The summed E-state index contributed by atoms with van der Waals surface area (Å²) in [5, 5.41) is 6.24. The monoisotopic (exact) mass is 246 g/mol. The Morgan fingerprint density at radius 2 is 2.22 bits per heavy atom. The van der Waals surface area contributed by atoms with Crippen LogP contribution >= 0.6 is 0 Å². The fourth-order valence-corrected chi connectivity index (χ4v) is 1.67. The number of hydrogen-bond acceptors (Lipinski definition) is 5. The Labute approximate surface area is 106 Å². The average Bonchev–Trinajstić information content (AvgIpc) is 2.87. The van der Waals surface area contributed by atoms with E-state index < -0.39 is 0 Å². The molecule has 18 heavy (non-hydrogen) atoms. The number of anilines is 2. The van der Waals surface area contributed by atoms with Crippen molar-refractivity contribution in [3.8, 4) is 0 Å². The van der Waals surface area contributed by atoms with Gasteiger partial charge in [0, 0.05) is 44.3 Å². The highest BCUT2D eigenvalue weighted by molar-refractivity contribution is 5.41. The van der Waals surface area contributed by atoms with Gasteiger partial charge in [0.2, 0.25) is 5.95 Å². The molecule has 0 unspecified atom stereocenters. The average molecular weight is 246 g/mol. The van der Waals surface area contributed by atoms with E-state index in [0.29, 0.717) is 5.95 Å². The number of aryl methyl sites for hydroxylation is 2. The summed E-state index contributed by atoms with van der Waals surface area (Å²) in [6, 6.07) is 1.94. The molecular weight excluding hydrogens is 228 g/mol. The van der Waals surface area contributed by atoms with Gasteiger partial charge in [-0.25, -0.2) is 9.97 Å². The van der Waals surface area contributed by atoms with Gasteiger partial charge < -0.3 is 15.2 Å². The van der Waals surface area contributed by atoms with Crippen LogP contribution in [0.5, 0.6) is 0 Å².